The lowest BCUT2D eigenvalue weighted by Gasteiger charge is -2.03. The zero-order valence-corrected chi connectivity index (χ0v) is 7.98. The van der Waals surface area contributed by atoms with Gasteiger partial charge in [-0.15, -0.1) is 0 Å². The zero-order valence-electron chi connectivity index (χ0n) is 7.98. The molecule has 1 heterocycles. The quantitative estimate of drug-likeness (QED) is 0.736. The second kappa shape index (κ2) is 4.03. The van der Waals surface area contributed by atoms with Crippen molar-refractivity contribution in [1.82, 2.24) is 9.97 Å². The van der Waals surface area contributed by atoms with Crippen molar-refractivity contribution in [3.05, 3.63) is 47.8 Å². The van der Waals surface area contributed by atoms with Crippen LogP contribution >= 0.6 is 0 Å². The minimum atomic E-state index is -0.936. The molecule has 2 aromatic rings. The lowest BCUT2D eigenvalue weighted by molar-refractivity contribution is 0.578. The predicted octanol–water partition coefficient (Wildman–Crippen LogP) is 2.29. The highest BCUT2D eigenvalue weighted by Crippen LogP contribution is 2.23. The molecule has 0 aliphatic carbocycles. The van der Waals surface area contributed by atoms with E-state index in [0.29, 0.717) is 0 Å². The predicted molar refractivity (Wildman–Crippen MR) is 52.1 cm³/mol. The molecule has 0 aliphatic heterocycles. The summed E-state index contributed by atoms with van der Waals surface area (Å²) in [5.74, 6) is -1.70. The molecule has 1 aromatic carbocycles. The third-order valence-corrected chi connectivity index (χ3v) is 2.01. The molecule has 0 saturated heterocycles. The van der Waals surface area contributed by atoms with E-state index in [-0.39, 0.29) is 11.4 Å². The second-order valence-electron chi connectivity index (χ2n) is 2.97. The Morgan fingerprint density at radius 2 is 1.81 bits per heavy atom. The number of nitrogens with zero attached hydrogens (tertiary/aromatic N) is 3. The highest BCUT2D eigenvalue weighted by molar-refractivity contribution is 5.59. The van der Waals surface area contributed by atoms with Gasteiger partial charge in [0.2, 0.25) is 0 Å². The molecule has 0 fully saturated rings. The first-order valence-corrected chi connectivity index (χ1v) is 4.39. The number of hydrogen-bond donors (Lipinski definition) is 0. The van der Waals surface area contributed by atoms with Gasteiger partial charge in [-0.25, -0.2) is 18.7 Å². The van der Waals surface area contributed by atoms with Crippen LogP contribution in [0.25, 0.3) is 11.4 Å². The maximum absolute atomic E-state index is 13.7. The molecule has 1 aromatic heterocycles. The van der Waals surface area contributed by atoms with E-state index in [2.05, 4.69) is 9.97 Å². The molecule has 0 N–H and O–H groups in total. The summed E-state index contributed by atoms with van der Waals surface area (Å²) < 4.78 is 26.7. The van der Waals surface area contributed by atoms with Crippen molar-refractivity contribution in [3.63, 3.8) is 0 Å². The van der Waals surface area contributed by atoms with Crippen LogP contribution in [0.4, 0.5) is 8.78 Å². The first kappa shape index (κ1) is 10.2. The van der Waals surface area contributed by atoms with Crippen molar-refractivity contribution in [3.8, 4) is 17.5 Å². The van der Waals surface area contributed by atoms with Crippen LogP contribution in [0.5, 0.6) is 0 Å². The van der Waals surface area contributed by atoms with E-state index in [4.69, 9.17) is 5.26 Å². The summed E-state index contributed by atoms with van der Waals surface area (Å²) in [4.78, 5) is 7.66. The molecule has 0 atom stereocenters. The molecular weight excluding hydrogens is 212 g/mol. The number of benzene rings is 1. The smallest absolute Gasteiger partial charge is 0.162 e. The van der Waals surface area contributed by atoms with Crippen molar-refractivity contribution in [1.29, 1.82) is 5.26 Å². The molecule has 0 aliphatic rings. The van der Waals surface area contributed by atoms with E-state index in [1.54, 1.807) is 6.07 Å². The van der Waals surface area contributed by atoms with Gasteiger partial charge >= 0.3 is 0 Å². The van der Waals surface area contributed by atoms with Crippen molar-refractivity contribution in [2.75, 3.05) is 0 Å². The first-order chi connectivity index (χ1) is 7.74. The van der Waals surface area contributed by atoms with Gasteiger partial charge in [-0.1, -0.05) is 0 Å². The third-order valence-electron chi connectivity index (χ3n) is 2.01. The molecule has 2 rings (SSSR count). The number of nitriles is 1. The van der Waals surface area contributed by atoms with Gasteiger partial charge in [-0.05, 0) is 18.2 Å². The molecule has 3 nitrogen and oxygen atoms in total. The van der Waals surface area contributed by atoms with E-state index in [1.807, 2.05) is 0 Å². The van der Waals surface area contributed by atoms with Crippen LogP contribution in [0.15, 0.2) is 30.6 Å². The Labute approximate surface area is 90.0 Å². The minimum absolute atomic E-state index is 0.0125. The highest BCUT2D eigenvalue weighted by Gasteiger charge is 2.15. The first-order valence-electron chi connectivity index (χ1n) is 4.39. The fraction of sp³-hybridized carbons (Fsp3) is 0. The molecule has 78 valence electrons. The fourth-order valence-corrected chi connectivity index (χ4v) is 1.27. The normalized spacial score (nSPS) is 9.81. The van der Waals surface area contributed by atoms with Gasteiger partial charge in [-0.3, -0.25) is 0 Å². The number of hydrogen-bond acceptors (Lipinski definition) is 3. The Morgan fingerprint density at radius 1 is 1.12 bits per heavy atom. The standard InChI is InChI=1S/C11H5F2N3/c12-9-3-2-7(10(13)8(9)6-14)11-15-4-1-5-16-11/h1-5H. The third kappa shape index (κ3) is 1.61. The molecule has 0 bridgehead atoms. The summed E-state index contributed by atoms with van der Waals surface area (Å²) in [6.45, 7) is 0. The molecule has 5 heteroatoms. The molecule has 0 radical (unpaired) electrons. The SMILES string of the molecule is N#Cc1c(F)ccc(-c2ncccn2)c1F. The molecule has 0 unspecified atom stereocenters. The largest absolute Gasteiger partial charge is 0.236 e. The van der Waals surface area contributed by atoms with E-state index >= 15 is 0 Å². The molecule has 0 spiro atoms. The minimum Gasteiger partial charge on any atom is -0.236 e. The van der Waals surface area contributed by atoms with E-state index in [1.165, 1.54) is 24.5 Å². The van der Waals surface area contributed by atoms with E-state index in [0.717, 1.165) is 6.07 Å². The Morgan fingerprint density at radius 3 is 2.44 bits per heavy atom. The van der Waals surface area contributed by atoms with Gasteiger partial charge in [0.05, 0.1) is 5.56 Å². The van der Waals surface area contributed by atoms with Crippen LogP contribution in [-0.4, -0.2) is 9.97 Å². The maximum Gasteiger partial charge on any atom is 0.162 e. The molecule has 16 heavy (non-hydrogen) atoms. The maximum atomic E-state index is 13.7. The van der Waals surface area contributed by atoms with Crippen molar-refractivity contribution < 1.29 is 8.78 Å². The lowest BCUT2D eigenvalue weighted by Crippen LogP contribution is -1.96. The van der Waals surface area contributed by atoms with Crippen LogP contribution in [0, 0.1) is 23.0 Å². The fourth-order valence-electron chi connectivity index (χ4n) is 1.27. The van der Waals surface area contributed by atoms with Gasteiger partial charge in [0.1, 0.15) is 17.4 Å². The van der Waals surface area contributed by atoms with E-state index in [9.17, 15) is 8.78 Å². The summed E-state index contributed by atoms with van der Waals surface area (Å²) in [6, 6.07) is 5.28. The summed E-state index contributed by atoms with van der Waals surface area (Å²) in [6.07, 6.45) is 2.88. The van der Waals surface area contributed by atoms with Gasteiger partial charge in [-0.2, -0.15) is 5.26 Å². The summed E-state index contributed by atoms with van der Waals surface area (Å²) in [5.41, 5.74) is -0.608. The van der Waals surface area contributed by atoms with Crippen molar-refractivity contribution in [2.24, 2.45) is 0 Å². The second-order valence-corrected chi connectivity index (χ2v) is 2.97. The molecule has 0 saturated carbocycles. The topological polar surface area (TPSA) is 49.6 Å². The Bertz CT molecular complexity index is 561. The van der Waals surface area contributed by atoms with Crippen LogP contribution < -0.4 is 0 Å². The van der Waals surface area contributed by atoms with Crippen LogP contribution in [0.2, 0.25) is 0 Å². The molecule has 0 amide bonds. The van der Waals surface area contributed by atoms with E-state index < -0.39 is 17.2 Å². The van der Waals surface area contributed by atoms with Gasteiger partial charge < -0.3 is 0 Å². The van der Waals surface area contributed by atoms with Gasteiger partial charge in [0.25, 0.3) is 0 Å². The average Bonchev–Trinajstić information content (AvgIpc) is 2.31. The van der Waals surface area contributed by atoms with Crippen LogP contribution in [0.3, 0.4) is 0 Å². The van der Waals surface area contributed by atoms with Gasteiger partial charge in [0, 0.05) is 12.4 Å². The summed E-state index contributed by atoms with van der Waals surface area (Å²) in [7, 11) is 0. The monoisotopic (exact) mass is 217 g/mol. The van der Waals surface area contributed by atoms with Crippen molar-refractivity contribution in [2.45, 2.75) is 0 Å². The lowest BCUT2D eigenvalue weighted by atomic mass is 10.1. The number of rotatable bonds is 1. The Hall–Kier alpha value is -2.35. The van der Waals surface area contributed by atoms with Gasteiger partial charge in [0.15, 0.2) is 11.6 Å². The van der Waals surface area contributed by atoms with Crippen molar-refractivity contribution >= 4 is 0 Å². The highest BCUT2D eigenvalue weighted by atomic mass is 19.1. The average molecular weight is 217 g/mol. The number of aromatic nitrogens is 2. The molecular formula is C11H5F2N3. The Balaban J connectivity index is 2.65. The zero-order chi connectivity index (χ0) is 11.5. The van der Waals surface area contributed by atoms with Crippen LogP contribution in [0.1, 0.15) is 5.56 Å². The van der Waals surface area contributed by atoms with Crippen LogP contribution in [-0.2, 0) is 0 Å². The number of halogens is 2. The summed E-state index contributed by atoms with van der Waals surface area (Å²) in [5, 5.41) is 8.60. The Kier molecular flexibility index (Phi) is 2.56. The summed E-state index contributed by atoms with van der Waals surface area (Å²) >= 11 is 0.